The monoisotopic (exact) mass is 286 g/mol. The van der Waals surface area contributed by atoms with Crippen LogP contribution in [0.5, 0.6) is 0 Å². The van der Waals surface area contributed by atoms with Crippen molar-refractivity contribution in [1.29, 1.82) is 0 Å². The van der Waals surface area contributed by atoms with Crippen LogP contribution < -0.4 is 10.2 Å². The average Bonchev–Trinajstić information content (AvgIpc) is 3.18. The van der Waals surface area contributed by atoms with Gasteiger partial charge in [0.25, 0.3) is 0 Å². The molecule has 3 fully saturated rings. The fourth-order valence-corrected chi connectivity index (χ4v) is 4.03. The van der Waals surface area contributed by atoms with Gasteiger partial charge in [0.05, 0.1) is 5.92 Å². The molecule has 1 aromatic rings. The number of piperazine rings is 1. The molecule has 4 heterocycles. The Kier molecular flexibility index (Phi) is 3.30. The van der Waals surface area contributed by atoms with E-state index >= 15 is 0 Å². The second-order valence-corrected chi connectivity index (χ2v) is 6.39. The van der Waals surface area contributed by atoms with Crippen LogP contribution in [0.2, 0.25) is 0 Å². The molecule has 3 unspecified atom stereocenters. The molecule has 4 rings (SSSR count). The molecule has 1 aromatic heterocycles. The number of rotatable bonds is 2. The first-order valence-electron chi connectivity index (χ1n) is 8.02. The van der Waals surface area contributed by atoms with Gasteiger partial charge in [-0.25, -0.2) is 4.98 Å². The maximum atomic E-state index is 12.7. The summed E-state index contributed by atoms with van der Waals surface area (Å²) in [5.74, 6) is 1.62. The molecule has 1 N–H and O–H groups in total. The lowest BCUT2D eigenvalue weighted by Gasteiger charge is -2.37. The summed E-state index contributed by atoms with van der Waals surface area (Å²) in [5, 5.41) is 3.56. The number of carbonyl (C=O) groups excluding carboxylic acids is 1. The summed E-state index contributed by atoms with van der Waals surface area (Å²) in [4.78, 5) is 21.4. The van der Waals surface area contributed by atoms with Gasteiger partial charge in [-0.3, -0.25) is 4.79 Å². The van der Waals surface area contributed by atoms with E-state index in [0.29, 0.717) is 18.0 Å². The highest BCUT2D eigenvalue weighted by Crippen LogP contribution is 2.34. The number of fused-ring (bicyclic) bond motifs is 2. The number of hydrogen-bond acceptors (Lipinski definition) is 4. The van der Waals surface area contributed by atoms with Gasteiger partial charge < -0.3 is 15.1 Å². The molecule has 3 atom stereocenters. The summed E-state index contributed by atoms with van der Waals surface area (Å²) in [5.41, 5.74) is 0. The summed E-state index contributed by atoms with van der Waals surface area (Å²) in [7, 11) is 0. The lowest BCUT2D eigenvalue weighted by molar-refractivity contribution is -0.136. The van der Waals surface area contributed by atoms with Gasteiger partial charge in [-0.1, -0.05) is 6.07 Å². The Bertz CT molecular complexity index is 512. The van der Waals surface area contributed by atoms with Crippen molar-refractivity contribution in [3.05, 3.63) is 24.4 Å². The van der Waals surface area contributed by atoms with E-state index in [2.05, 4.69) is 20.1 Å². The quantitative estimate of drug-likeness (QED) is 0.876. The van der Waals surface area contributed by atoms with Gasteiger partial charge in [-0.2, -0.15) is 0 Å². The summed E-state index contributed by atoms with van der Waals surface area (Å²) in [6, 6.07) is 7.03. The van der Waals surface area contributed by atoms with E-state index < -0.39 is 0 Å². The van der Waals surface area contributed by atoms with Gasteiger partial charge in [0.15, 0.2) is 0 Å². The van der Waals surface area contributed by atoms with Crippen molar-refractivity contribution in [2.75, 3.05) is 31.1 Å². The minimum Gasteiger partial charge on any atom is -0.353 e. The van der Waals surface area contributed by atoms with Crippen LogP contribution in [-0.2, 0) is 4.79 Å². The van der Waals surface area contributed by atoms with Gasteiger partial charge in [-0.05, 0) is 31.4 Å². The van der Waals surface area contributed by atoms with Crippen molar-refractivity contribution in [2.45, 2.75) is 31.3 Å². The smallest absolute Gasteiger partial charge is 0.227 e. The molecule has 0 spiro atoms. The van der Waals surface area contributed by atoms with Gasteiger partial charge in [-0.15, -0.1) is 0 Å². The second-order valence-electron chi connectivity index (χ2n) is 6.39. The van der Waals surface area contributed by atoms with E-state index in [1.165, 1.54) is 12.8 Å². The van der Waals surface area contributed by atoms with Crippen LogP contribution in [0.1, 0.15) is 19.3 Å². The molecule has 112 valence electrons. The third-order valence-electron chi connectivity index (χ3n) is 5.18. The highest BCUT2D eigenvalue weighted by atomic mass is 16.2. The largest absolute Gasteiger partial charge is 0.353 e. The summed E-state index contributed by atoms with van der Waals surface area (Å²) < 4.78 is 0. The second kappa shape index (κ2) is 5.30. The Morgan fingerprint density at radius 2 is 2.05 bits per heavy atom. The third-order valence-corrected chi connectivity index (χ3v) is 5.18. The number of pyridine rings is 1. The maximum Gasteiger partial charge on any atom is 0.227 e. The first-order valence-corrected chi connectivity index (χ1v) is 8.02. The molecule has 1 amide bonds. The van der Waals surface area contributed by atoms with Crippen molar-refractivity contribution in [3.8, 4) is 0 Å². The Hall–Kier alpha value is -1.62. The van der Waals surface area contributed by atoms with Gasteiger partial charge >= 0.3 is 0 Å². The molecule has 21 heavy (non-hydrogen) atoms. The van der Waals surface area contributed by atoms with Crippen molar-refractivity contribution >= 4 is 11.7 Å². The topological polar surface area (TPSA) is 48.5 Å². The molecule has 5 heteroatoms. The van der Waals surface area contributed by atoms with E-state index in [0.717, 1.165) is 38.4 Å². The zero-order chi connectivity index (χ0) is 14.2. The summed E-state index contributed by atoms with van der Waals surface area (Å²) in [6.07, 6.45) is 5.30. The first kappa shape index (κ1) is 13.1. The van der Waals surface area contributed by atoms with E-state index in [1.54, 1.807) is 0 Å². The normalized spacial score (nSPS) is 31.7. The lowest BCUT2D eigenvalue weighted by atomic mass is 9.88. The standard InChI is InChI=1S/C16H22N4O/c21-16(13-11-12-4-5-14(13)18-12)20-9-7-19(8-10-20)15-3-1-2-6-17-15/h1-3,6,12-14,18H,4-5,7-11H2. The number of nitrogens with zero attached hydrogens (tertiary/aromatic N) is 3. The number of anilines is 1. The molecule has 5 nitrogen and oxygen atoms in total. The predicted molar refractivity (Wildman–Crippen MR) is 81.1 cm³/mol. The Morgan fingerprint density at radius 1 is 1.19 bits per heavy atom. The predicted octanol–water partition coefficient (Wildman–Crippen LogP) is 0.871. The maximum absolute atomic E-state index is 12.7. The van der Waals surface area contributed by atoms with Crippen LogP contribution >= 0.6 is 0 Å². The molecule has 0 aliphatic carbocycles. The minimum absolute atomic E-state index is 0.227. The number of hydrogen-bond donors (Lipinski definition) is 1. The van der Waals surface area contributed by atoms with Gasteiger partial charge in [0.2, 0.25) is 5.91 Å². The molecule has 3 saturated heterocycles. The van der Waals surface area contributed by atoms with Crippen molar-refractivity contribution in [3.63, 3.8) is 0 Å². The first-order chi connectivity index (χ1) is 10.3. The number of amides is 1. The molecule has 2 bridgehead atoms. The van der Waals surface area contributed by atoms with Crippen LogP contribution in [0.3, 0.4) is 0 Å². The van der Waals surface area contributed by atoms with Gasteiger partial charge in [0, 0.05) is 44.5 Å². The number of carbonyl (C=O) groups is 1. The molecule has 0 radical (unpaired) electrons. The highest BCUT2D eigenvalue weighted by Gasteiger charge is 2.44. The van der Waals surface area contributed by atoms with E-state index in [4.69, 9.17) is 0 Å². The van der Waals surface area contributed by atoms with Crippen LogP contribution in [0, 0.1) is 5.92 Å². The zero-order valence-corrected chi connectivity index (χ0v) is 12.2. The fourth-order valence-electron chi connectivity index (χ4n) is 4.03. The SMILES string of the molecule is O=C(C1CC2CCC1N2)N1CCN(c2ccccn2)CC1. The van der Waals surface area contributed by atoms with Crippen LogP contribution in [0.15, 0.2) is 24.4 Å². The van der Waals surface area contributed by atoms with E-state index in [-0.39, 0.29) is 5.92 Å². The molecule has 3 aliphatic rings. The lowest BCUT2D eigenvalue weighted by Crippen LogP contribution is -2.52. The highest BCUT2D eigenvalue weighted by molar-refractivity contribution is 5.80. The van der Waals surface area contributed by atoms with Crippen LogP contribution in [0.4, 0.5) is 5.82 Å². The molecule has 0 aromatic carbocycles. The van der Waals surface area contributed by atoms with Crippen molar-refractivity contribution in [1.82, 2.24) is 15.2 Å². The molecule has 0 saturated carbocycles. The number of nitrogens with one attached hydrogen (secondary N) is 1. The molecular formula is C16H22N4O. The van der Waals surface area contributed by atoms with Gasteiger partial charge in [0.1, 0.15) is 5.82 Å². The Labute approximate surface area is 125 Å². The van der Waals surface area contributed by atoms with E-state index in [9.17, 15) is 4.79 Å². The third kappa shape index (κ3) is 2.39. The van der Waals surface area contributed by atoms with E-state index in [1.807, 2.05) is 24.4 Å². The summed E-state index contributed by atoms with van der Waals surface area (Å²) >= 11 is 0. The molecular weight excluding hydrogens is 264 g/mol. The summed E-state index contributed by atoms with van der Waals surface area (Å²) in [6.45, 7) is 3.42. The fraction of sp³-hybridized carbons (Fsp3) is 0.625. The van der Waals surface area contributed by atoms with Crippen molar-refractivity contribution < 1.29 is 4.79 Å². The molecule has 3 aliphatic heterocycles. The Morgan fingerprint density at radius 3 is 2.67 bits per heavy atom. The van der Waals surface area contributed by atoms with Crippen LogP contribution in [0.25, 0.3) is 0 Å². The Balaban J connectivity index is 1.36. The van der Waals surface area contributed by atoms with Crippen LogP contribution in [-0.4, -0.2) is 54.1 Å². The average molecular weight is 286 g/mol. The van der Waals surface area contributed by atoms with Crippen molar-refractivity contribution in [2.24, 2.45) is 5.92 Å². The number of aromatic nitrogens is 1. The minimum atomic E-state index is 0.227. The zero-order valence-electron chi connectivity index (χ0n) is 12.2.